The van der Waals surface area contributed by atoms with Gasteiger partial charge < -0.3 is 15.5 Å². The zero-order valence-corrected chi connectivity index (χ0v) is 15.6. The third kappa shape index (κ3) is 4.41. The fourth-order valence-corrected chi connectivity index (χ4v) is 3.22. The SMILES string of the molecule is O=C(NCCCN1CCCC1=O)c1nc(C2CC2)cnc1Nc1cncnc1. The highest BCUT2D eigenvalue weighted by Crippen LogP contribution is 2.39. The Morgan fingerprint density at radius 3 is 2.75 bits per heavy atom. The van der Waals surface area contributed by atoms with Crippen LogP contribution in [0.4, 0.5) is 11.5 Å². The van der Waals surface area contributed by atoms with E-state index in [9.17, 15) is 9.59 Å². The molecule has 146 valence electrons. The summed E-state index contributed by atoms with van der Waals surface area (Å²) in [5, 5.41) is 5.97. The number of aromatic nitrogens is 4. The van der Waals surface area contributed by atoms with Crippen molar-refractivity contribution < 1.29 is 9.59 Å². The van der Waals surface area contributed by atoms with Gasteiger partial charge in [0.1, 0.15) is 6.33 Å². The fraction of sp³-hybridized carbons (Fsp3) is 0.474. The maximum absolute atomic E-state index is 12.7. The van der Waals surface area contributed by atoms with Crippen LogP contribution >= 0.6 is 0 Å². The first-order valence-electron chi connectivity index (χ1n) is 9.65. The zero-order valence-electron chi connectivity index (χ0n) is 15.6. The standard InChI is InChI=1S/C19H23N7O2/c27-16-3-1-7-26(16)8-2-6-22-19(28)17-18(24-14-9-20-12-21-10-14)23-11-15(25-17)13-4-5-13/h9-13H,1-8H2,(H,22,28)(H,23,24). The Hall–Kier alpha value is -3.10. The highest BCUT2D eigenvalue weighted by molar-refractivity contribution is 5.97. The average Bonchev–Trinajstić information content (AvgIpc) is 3.49. The van der Waals surface area contributed by atoms with Crippen LogP contribution in [0.3, 0.4) is 0 Å². The van der Waals surface area contributed by atoms with Crippen molar-refractivity contribution in [3.63, 3.8) is 0 Å². The van der Waals surface area contributed by atoms with Crippen molar-refractivity contribution in [2.45, 2.75) is 38.0 Å². The van der Waals surface area contributed by atoms with Gasteiger partial charge in [0.15, 0.2) is 11.5 Å². The van der Waals surface area contributed by atoms with E-state index >= 15 is 0 Å². The molecule has 0 unspecified atom stereocenters. The molecule has 28 heavy (non-hydrogen) atoms. The molecular formula is C19H23N7O2. The summed E-state index contributed by atoms with van der Waals surface area (Å²) in [6.07, 6.45) is 10.8. The number of nitrogens with zero attached hydrogens (tertiary/aromatic N) is 5. The highest BCUT2D eigenvalue weighted by Gasteiger charge is 2.27. The predicted octanol–water partition coefficient (Wildman–Crippen LogP) is 1.63. The first-order valence-corrected chi connectivity index (χ1v) is 9.65. The van der Waals surface area contributed by atoms with Gasteiger partial charge in [-0.3, -0.25) is 9.59 Å². The number of amides is 2. The molecule has 9 nitrogen and oxygen atoms in total. The first-order chi connectivity index (χ1) is 13.7. The largest absolute Gasteiger partial charge is 0.351 e. The maximum atomic E-state index is 12.7. The molecule has 2 aromatic rings. The predicted molar refractivity (Wildman–Crippen MR) is 102 cm³/mol. The maximum Gasteiger partial charge on any atom is 0.273 e. The quantitative estimate of drug-likeness (QED) is 0.668. The van der Waals surface area contributed by atoms with Crippen LogP contribution < -0.4 is 10.6 Å². The third-order valence-electron chi connectivity index (χ3n) is 4.89. The van der Waals surface area contributed by atoms with E-state index in [-0.39, 0.29) is 17.5 Å². The number of hydrogen-bond acceptors (Lipinski definition) is 7. The number of hydrogen-bond donors (Lipinski definition) is 2. The molecule has 0 atom stereocenters. The molecule has 4 rings (SSSR count). The summed E-state index contributed by atoms with van der Waals surface area (Å²) in [4.78, 5) is 43.1. The molecule has 1 aliphatic carbocycles. The van der Waals surface area contributed by atoms with E-state index in [2.05, 4.69) is 30.6 Å². The van der Waals surface area contributed by atoms with Crippen molar-refractivity contribution in [1.82, 2.24) is 30.2 Å². The zero-order chi connectivity index (χ0) is 19.3. The molecule has 1 saturated carbocycles. The second kappa shape index (κ2) is 8.28. The van der Waals surface area contributed by atoms with Gasteiger partial charge in [0.2, 0.25) is 5.91 Å². The molecule has 1 saturated heterocycles. The van der Waals surface area contributed by atoms with Gasteiger partial charge in [0, 0.05) is 32.0 Å². The van der Waals surface area contributed by atoms with Gasteiger partial charge in [-0.25, -0.2) is 19.9 Å². The fourth-order valence-electron chi connectivity index (χ4n) is 3.22. The summed E-state index contributed by atoms with van der Waals surface area (Å²) in [5.41, 5.74) is 1.76. The van der Waals surface area contributed by atoms with Crippen LogP contribution in [0.5, 0.6) is 0 Å². The molecule has 3 heterocycles. The van der Waals surface area contributed by atoms with E-state index in [0.717, 1.165) is 31.5 Å². The summed E-state index contributed by atoms with van der Waals surface area (Å²) in [6, 6.07) is 0. The van der Waals surface area contributed by atoms with Crippen LogP contribution in [0.25, 0.3) is 0 Å². The lowest BCUT2D eigenvalue weighted by Gasteiger charge is -2.15. The minimum atomic E-state index is -0.276. The molecule has 2 amide bonds. The van der Waals surface area contributed by atoms with E-state index in [1.54, 1.807) is 18.6 Å². The summed E-state index contributed by atoms with van der Waals surface area (Å²) in [6.45, 7) is 1.96. The van der Waals surface area contributed by atoms with E-state index in [0.29, 0.717) is 43.4 Å². The molecule has 0 radical (unpaired) electrons. The lowest BCUT2D eigenvalue weighted by molar-refractivity contribution is -0.127. The number of carbonyl (C=O) groups is 2. The van der Waals surface area contributed by atoms with E-state index in [4.69, 9.17) is 0 Å². The third-order valence-corrected chi connectivity index (χ3v) is 4.89. The van der Waals surface area contributed by atoms with Crippen LogP contribution in [0.1, 0.15) is 54.2 Å². The molecule has 2 fully saturated rings. The van der Waals surface area contributed by atoms with Crippen LogP contribution in [0, 0.1) is 0 Å². The Morgan fingerprint density at radius 2 is 2.04 bits per heavy atom. The van der Waals surface area contributed by atoms with Gasteiger partial charge in [0.05, 0.1) is 30.0 Å². The monoisotopic (exact) mass is 381 g/mol. The van der Waals surface area contributed by atoms with Crippen molar-refractivity contribution in [2.24, 2.45) is 0 Å². The van der Waals surface area contributed by atoms with Crippen LogP contribution in [0.15, 0.2) is 24.9 Å². The molecule has 0 bridgehead atoms. The van der Waals surface area contributed by atoms with Gasteiger partial charge in [-0.05, 0) is 25.7 Å². The second-order valence-electron chi connectivity index (χ2n) is 7.11. The molecule has 0 spiro atoms. The van der Waals surface area contributed by atoms with E-state index < -0.39 is 0 Å². The van der Waals surface area contributed by atoms with Crippen LogP contribution in [-0.2, 0) is 4.79 Å². The molecule has 1 aliphatic heterocycles. The molecule has 2 N–H and O–H groups in total. The van der Waals surface area contributed by atoms with E-state index in [1.807, 2.05) is 4.90 Å². The second-order valence-corrected chi connectivity index (χ2v) is 7.11. The Balaban J connectivity index is 1.41. The smallest absolute Gasteiger partial charge is 0.273 e. The summed E-state index contributed by atoms with van der Waals surface area (Å²) >= 11 is 0. The van der Waals surface area contributed by atoms with Crippen molar-refractivity contribution >= 4 is 23.3 Å². The Bertz CT molecular complexity index is 855. The van der Waals surface area contributed by atoms with Gasteiger partial charge in [-0.1, -0.05) is 0 Å². The summed E-state index contributed by atoms with van der Waals surface area (Å²) < 4.78 is 0. The molecule has 2 aromatic heterocycles. The minimum Gasteiger partial charge on any atom is -0.351 e. The van der Waals surface area contributed by atoms with E-state index in [1.165, 1.54) is 6.33 Å². The van der Waals surface area contributed by atoms with Crippen molar-refractivity contribution in [3.8, 4) is 0 Å². The topological polar surface area (TPSA) is 113 Å². The first kappa shape index (κ1) is 18.3. The Morgan fingerprint density at radius 1 is 1.21 bits per heavy atom. The lowest BCUT2D eigenvalue weighted by atomic mass is 10.2. The molecular weight excluding hydrogens is 358 g/mol. The number of likely N-dealkylation sites (tertiary alicyclic amines) is 1. The lowest BCUT2D eigenvalue weighted by Crippen LogP contribution is -2.31. The van der Waals surface area contributed by atoms with Gasteiger partial charge in [-0.2, -0.15) is 0 Å². The van der Waals surface area contributed by atoms with Crippen molar-refractivity contribution in [2.75, 3.05) is 25.0 Å². The van der Waals surface area contributed by atoms with Gasteiger partial charge in [-0.15, -0.1) is 0 Å². The molecule has 2 aliphatic rings. The minimum absolute atomic E-state index is 0.200. The summed E-state index contributed by atoms with van der Waals surface area (Å²) in [7, 11) is 0. The number of carbonyl (C=O) groups excluding carboxylic acids is 2. The summed E-state index contributed by atoms with van der Waals surface area (Å²) in [5.74, 6) is 0.703. The van der Waals surface area contributed by atoms with Crippen LogP contribution in [0.2, 0.25) is 0 Å². The van der Waals surface area contributed by atoms with Crippen molar-refractivity contribution in [1.29, 1.82) is 0 Å². The Kier molecular flexibility index (Phi) is 5.41. The highest BCUT2D eigenvalue weighted by atomic mass is 16.2. The molecule has 9 heteroatoms. The molecule has 0 aromatic carbocycles. The van der Waals surface area contributed by atoms with Gasteiger partial charge >= 0.3 is 0 Å². The number of nitrogens with one attached hydrogen (secondary N) is 2. The number of anilines is 2. The van der Waals surface area contributed by atoms with Gasteiger partial charge in [0.25, 0.3) is 5.91 Å². The Labute approximate surface area is 163 Å². The van der Waals surface area contributed by atoms with Crippen LogP contribution in [-0.4, -0.2) is 56.3 Å². The number of rotatable bonds is 8. The normalized spacial score (nSPS) is 16.3. The van der Waals surface area contributed by atoms with Crippen molar-refractivity contribution in [3.05, 3.63) is 36.3 Å². The average molecular weight is 381 g/mol.